The fraction of sp³-hybridized carbons (Fsp3) is 0.462. The van der Waals surface area contributed by atoms with E-state index in [9.17, 15) is 14.7 Å². The average molecular weight is 483 g/mol. The Labute approximate surface area is 204 Å². The summed E-state index contributed by atoms with van der Waals surface area (Å²) in [5, 5.41) is 16.9. The van der Waals surface area contributed by atoms with E-state index in [0.717, 1.165) is 66.1 Å². The zero-order valence-corrected chi connectivity index (χ0v) is 20.2. The fourth-order valence-corrected chi connectivity index (χ4v) is 5.72. The van der Waals surface area contributed by atoms with Gasteiger partial charge in [-0.15, -0.1) is 0 Å². The lowest BCUT2D eigenvalue weighted by Crippen LogP contribution is -2.42. The number of allylic oxidation sites excluding steroid dienone is 1. The van der Waals surface area contributed by atoms with Gasteiger partial charge in [-0.2, -0.15) is 0 Å². The van der Waals surface area contributed by atoms with E-state index in [-0.39, 0.29) is 18.4 Å². The van der Waals surface area contributed by atoms with Gasteiger partial charge in [-0.25, -0.2) is 0 Å². The predicted octanol–water partition coefficient (Wildman–Crippen LogP) is 3.75. The van der Waals surface area contributed by atoms with E-state index in [2.05, 4.69) is 20.5 Å². The first kappa shape index (κ1) is 23.1. The molecule has 1 unspecified atom stereocenters. The third-order valence-corrected chi connectivity index (χ3v) is 7.35. The van der Waals surface area contributed by atoms with E-state index in [4.69, 9.17) is 11.6 Å². The largest absolute Gasteiger partial charge is 0.390 e. The third-order valence-electron chi connectivity index (χ3n) is 7.12. The molecule has 1 aliphatic carbocycles. The van der Waals surface area contributed by atoms with Crippen LogP contribution in [0.5, 0.6) is 0 Å². The lowest BCUT2D eigenvalue weighted by atomic mass is 9.86. The zero-order valence-electron chi connectivity index (χ0n) is 19.5. The smallest absolute Gasteiger partial charge is 0.256 e. The molecule has 4 N–H and O–H groups in total. The quantitative estimate of drug-likeness (QED) is 0.488. The van der Waals surface area contributed by atoms with Crippen molar-refractivity contribution in [3.8, 4) is 0 Å². The lowest BCUT2D eigenvalue weighted by Gasteiger charge is -2.28. The van der Waals surface area contributed by atoms with Crippen LogP contribution in [0.15, 0.2) is 18.2 Å². The maximum absolute atomic E-state index is 13.2. The van der Waals surface area contributed by atoms with Crippen LogP contribution in [-0.2, 0) is 11.2 Å². The molecule has 1 saturated heterocycles. The second-order valence-corrected chi connectivity index (χ2v) is 9.99. The first-order valence-electron chi connectivity index (χ1n) is 12.2. The van der Waals surface area contributed by atoms with Gasteiger partial charge in [-0.05, 0) is 81.5 Å². The van der Waals surface area contributed by atoms with Gasteiger partial charge in [0, 0.05) is 40.8 Å². The Morgan fingerprint density at radius 2 is 2.00 bits per heavy atom. The first-order chi connectivity index (χ1) is 16.4. The molecule has 3 heterocycles. The SMILES string of the molecule is Cc1[nH]c2c(c1C(=O)NCC(O)CN1CCCCC1)CCC/C2=C1/C(=O)Nc2ccc(Cl)cc21. The number of nitrogens with one attached hydrogen (secondary N) is 3. The van der Waals surface area contributed by atoms with Crippen LogP contribution in [0.1, 0.15) is 65.0 Å². The van der Waals surface area contributed by atoms with Crippen LogP contribution in [0.3, 0.4) is 0 Å². The average Bonchev–Trinajstić information content (AvgIpc) is 3.33. The van der Waals surface area contributed by atoms with Crippen molar-refractivity contribution in [2.45, 2.75) is 51.6 Å². The zero-order chi connectivity index (χ0) is 23.8. The van der Waals surface area contributed by atoms with Gasteiger partial charge in [0.1, 0.15) is 0 Å². The topological polar surface area (TPSA) is 97.5 Å². The molecule has 7 nitrogen and oxygen atoms in total. The maximum Gasteiger partial charge on any atom is 0.256 e. The number of hydrogen-bond donors (Lipinski definition) is 4. The minimum absolute atomic E-state index is 0.140. The molecule has 1 fully saturated rings. The van der Waals surface area contributed by atoms with Crippen molar-refractivity contribution in [3.63, 3.8) is 0 Å². The summed E-state index contributed by atoms with van der Waals surface area (Å²) in [5.41, 5.74) is 6.32. The van der Waals surface area contributed by atoms with Gasteiger partial charge in [0.05, 0.1) is 17.2 Å². The summed E-state index contributed by atoms with van der Waals surface area (Å²) in [6.45, 7) is 4.71. The van der Waals surface area contributed by atoms with Crippen LogP contribution >= 0.6 is 11.6 Å². The van der Waals surface area contributed by atoms with Crippen molar-refractivity contribution in [2.24, 2.45) is 0 Å². The number of anilines is 1. The van der Waals surface area contributed by atoms with Crippen molar-refractivity contribution in [1.29, 1.82) is 0 Å². The van der Waals surface area contributed by atoms with Crippen LogP contribution in [-0.4, -0.2) is 59.1 Å². The maximum atomic E-state index is 13.2. The molecule has 2 aliphatic heterocycles. The number of halogens is 1. The summed E-state index contributed by atoms with van der Waals surface area (Å²) < 4.78 is 0. The first-order valence-corrected chi connectivity index (χ1v) is 12.5. The molecule has 1 aromatic heterocycles. The number of H-pyrrole nitrogens is 1. The highest BCUT2D eigenvalue weighted by Gasteiger charge is 2.33. The number of likely N-dealkylation sites (tertiary alicyclic amines) is 1. The Morgan fingerprint density at radius 1 is 1.21 bits per heavy atom. The number of aromatic nitrogens is 1. The normalized spacial score (nSPS) is 21.1. The van der Waals surface area contributed by atoms with Gasteiger partial charge in [0.15, 0.2) is 0 Å². The van der Waals surface area contributed by atoms with Gasteiger partial charge in [-0.1, -0.05) is 18.0 Å². The summed E-state index contributed by atoms with van der Waals surface area (Å²) in [6.07, 6.45) is 5.35. The Hall–Kier alpha value is -2.61. The molecule has 1 atom stereocenters. The van der Waals surface area contributed by atoms with Crippen LogP contribution in [0.2, 0.25) is 5.02 Å². The van der Waals surface area contributed by atoms with Gasteiger partial charge in [-0.3, -0.25) is 9.59 Å². The molecule has 5 rings (SSSR count). The molecule has 0 radical (unpaired) electrons. The number of aliphatic hydroxyl groups is 1. The van der Waals surface area contributed by atoms with E-state index >= 15 is 0 Å². The molecular weight excluding hydrogens is 452 g/mol. The van der Waals surface area contributed by atoms with E-state index in [1.807, 2.05) is 19.1 Å². The van der Waals surface area contributed by atoms with Crippen LogP contribution < -0.4 is 10.6 Å². The van der Waals surface area contributed by atoms with Gasteiger partial charge >= 0.3 is 0 Å². The van der Waals surface area contributed by atoms with Gasteiger partial charge in [0.2, 0.25) is 0 Å². The monoisotopic (exact) mass is 482 g/mol. The van der Waals surface area contributed by atoms with Crippen molar-refractivity contribution < 1.29 is 14.7 Å². The molecule has 1 aromatic carbocycles. The number of carbonyl (C=O) groups excluding carboxylic acids is 2. The van der Waals surface area contributed by atoms with Crippen molar-refractivity contribution >= 4 is 40.2 Å². The molecule has 2 aromatic rings. The number of fused-ring (bicyclic) bond motifs is 2. The number of aryl methyl sites for hydroxylation is 1. The molecule has 180 valence electrons. The standard InChI is InChI=1S/C26H31ClN4O3/c1-15-22(25(33)28-13-17(32)14-31-10-3-2-4-11-31)18-6-5-7-19(24(18)29-15)23-20-12-16(27)8-9-21(20)30-26(23)34/h8-9,12,17,29,32H,2-7,10-11,13-14H2,1H3,(H,28,33)(H,30,34)/b23-19-. The number of aromatic amines is 1. The predicted molar refractivity (Wildman–Crippen MR) is 134 cm³/mol. The van der Waals surface area contributed by atoms with Crippen LogP contribution in [0.25, 0.3) is 11.1 Å². The summed E-state index contributed by atoms with van der Waals surface area (Å²) in [7, 11) is 0. The van der Waals surface area contributed by atoms with E-state index < -0.39 is 6.10 Å². The number of amides is 2. The Kier molecular flexibility index (Phi) is 6.51. The Morgan fingerprint density at radius 3 is 2.79 bits per heavy atom. The molecule has 8 heteroatoms. The number of piperidine rings is 1. The molecule has 0 saturated carbocycles. The number of rotatable bonds is 5. The van der Waals surface area contributed by atoms with Gasteiger partial charge in [0.25, 0.3) is 11.8 Å². The highest BCUT2D eigenvalue weighted by atomic mass is 35.5. The van der Waals surface area contributed by atoms with Crippen LogP contribution in [0, 0.1) is 6.92 Å². The van der Waals surface area contributed by atoms with Crippen molar-refractivity contribution in [3.05, 3.63) is 51.3 Å². The van der Waals surface area contributed by atoms with Gasteiger partial charge < -0.3 is 25.6 Å². The summed E-state index contributed by atoms with van der Waals surface area (Å²) in [6, 6.07) is 5.40. The Bertz CT molecular complexity index is 1160. The third kappa shape index (κ3) is 4.40. The minimum atomic E-state index is -0.599. The van der Waals surface area contributed by atoms with Crippen molar-refractivity contribution in [1.82, 2.24) is 15.2 Å². The van der Waals surface area contributed by atoms with Crippen LogP contribution in [0.4, 0.5) is 5.69 Å². The summed E-state index contributed by atoms with van der Waals surface area (Å²) in [4.78, 5) is 31.7. The molecule has 0 bridgehead atoms. The minimum Gasteiger partial charge on any atom is -0.390 e. The lowest BCUT2D eigenvalue weighted by molar-refractivity contribution is -0.110. The summed E-state index contributed by atoms with van der Waals surface area (Å²) >= 11 is 6.22. The number of aliphatic hydroxyl groups excluding tert-OH is 1. The van der Waals surface area contributed by atoms with E-state index in [1.54, 1.807) is 6.07 Å². The number of hydrogen-bond acceptors (Lipinski definition) is 4. The second-order valence-electron chi connectivity index (χ2n) is 9.55. The van der Waals surface area contributed by atoms with E-state index in [0.29, 0.717) is 22.7 Å². The van der Waals surface area contributed by atoms with Crippen molar-refractivity contribution in [2.75, 3.05) is 31.5 Å². The van der Waals surface area contributed by atoms with E-state index in [1.165, 1.54) is 19.3 Å². The number of β-amino-alcohol motifs (C(OH)–C–C–N with tert-alkyl or cyclic N) is 1. The second kappa shape index (κ2) is 9.56. The highest BCUT2D eigenvalue weighted by Crippen LogP contribution is 2.43. The molecule has 3 aliphatic rings. The number of carbonyl (C=O) groups is 2. The molecular formula is C26H31ClN4O3. The molecule has 34 heavy (non-hydrogen) atoms. The number of nitrogens with zero attached hydrogens (tertiary/aromatic N) is 1. The molecule has 2 amide bonds. The number of benzene rings is 1. The fourth-order valence-electron chi connectivity index (χ4n) is 5.55. The molecule has 0 spiro atoms. The highest BCUT2D eigenvalue weighted by molar-refractivity contribution is 6.38. The Balaban J connectivity index is 1.38. The summed E-state index contributed by atoms with van der Waals surface area (Å²) in [5.74, 6) is -0.322.